The van der Waals surface area contributed by atoms with E-state index in [1.54, 1.807) is 22.8 Å². The molecule has 2 rings (SSSR count). The van der Waals surface area contributed by atoms with Gasteiger partial charge < -0.3 is 14.3 Å². The minimum absolute atomic E-state index is 0.0175. The summed E-state index contributed by atoms with van der Waals surface area (Å²) in [5.41, 5.74) is 1.57. The summed E-state index contributed by atoms with van der Waals surface area (Å²) < 4.78 is 7.40. The van der Waals surface area contributed by atoms with Crippen molar-refractivity contribution in [3.05, 3.63) is 28.5 Å². The molecule has 0 aliphatic carbocycles. The number of carbonyl (C=O) groups excluding carboxylic acids is 2. The van der Waals surface area contributed by atoms with Crippen LogP contribution in [0.5, 0.6) is 0 Å². The van der Waals surface area contributed by atoms with Gasteiger partial charge in [0.2, 0.25) is 0 Å². The Morgan fingerprint density at radius 3 is 2.57 bits per heavy atom. The van der Waals surface area contributed by atoms with E-state index in [1.807, 2.05) is 20.8 Å². The normalized spacial score (nSPS) is 11.6. The molecule has 1 heterocycles. The maximum absolute atomic E-state index is 11.9. The standard InChI is InChI=1S/C15H18N2O3S/c1-9(18)10-5-6-12-11(7-10)16-14(21)17(12)8-13(19)20-15(2,3)4/h5-7H,8H2,1-4H3,(H,16,21). The van der Waals surface area contributed by atoms with E-state index in [9.17, 15) is 9.59 Å². The van der Waals surface area contributed by atoms with E-state index in [2.05, 4.69) is 4.98 Å². The van der Waals surface area contributed by atoms with Crippen molar-refractivity contribution in [3.8, 4) is 0 Å². The fraction of sp³-hybridized carbons (Fsp3) is 0.400. The Balaban J connectivity index is 2.37. The van der Waals surface area contributed by atoms with Crippen LogP contribution in [0.3, 0.4) is 0 Å². The largest absolute Gasteiger partial charge is 0.459 e. The molecular weight excluding hydrogens is 288 g/mol. The van der Waals surface area contributed by atoms with Crippen LogP contribution >= 0.6 is 12.2 Å². The minimum Gasteiger partial charge on any atom is -0.459 e. The Morgan fingerprint density at radius 2 is 2.00 bits per heavy atom. The minimum atomic E-state index is -0.535. The van der Waals surface area contributed by atoms with E-state index < -0.39 is 5.60 Å². The van der Waals surface area contributed by atoms with E-state index in [0.29, 0.717) is 10.3 Å². The first-order valence-electron chi connectivity index (χ1n) is 6.63. The number of hydrogen-bond donors (Lipinski definition) is 1. The fourth-order valence-corrected chi connectivity index (χ4v) is 2.32. The number of imidazole rings is 1. The molecule has 0 saturated heterocycles. The number of esters is 1. The molecule has 21 heavy (non-hydrogen) atoms. The first-order valence-corrected chi connectivity index (χ1v) is 7.03. The van der Waals surface area contributed by atoms with Gasteiger partial charge in [-0.3, -0.25) is 9.59 Å². The molecule has 0 aliphatic rings. The predicted octanol–water partition coefficient (Wildman–Crippen LogP) is 3.24. The van der Waals surface area contributed by atoms with Crippen molar-refractivity contribution in [1.29, 1.82) is 0 Å². The lowest BCUT2D eigenvalue weighted by Gasteiger charge is -2.19. The van der Waals surface area contributed by atoms with E-state index in [-0.39, 0.29) is 18.3 Å². The molecule has 0 amide bonds. The highest BCUT2D eigenvalue weighted by Crippen LogP contribution is 2.17. The van der Waals surface area contributed by atoms with Crippen molar-refractivity contribution in [2.24, 2.45) is 0 Å². The van der Waals surface area contributed by atoms with Gasteiger partial charge in [-0.2, -0.15) is 0 Å². The maximum Gasteiger partial charge on any atom is 0.326 e. The lowest BCUT2D eigenvalue weighted by Crippen LogP contribution is -2.26. The molecule has 1 aromatic heterocycles. The molecule has 2 aromatic rings. The number of benzene rings is 1. The van der Waals surface area contributed by atoms with E-state index in [4.69, 9.17) is 17.0 Å². The molecule has 1 N–H and O–H groups in total. The zero-order chi connectivity index (χ0) is 15.8. The van der Waals surface area contributed by atoms with Crippen LogP contribution in [0.4, 0.5) is 0 Å². The molecule has 0 bridgehead atoms. The van der Waals surface area contributed by atoms with Gasteiger partial charge in [-0.25, -0.2) is 0 Å². The van der Waals surface area contributed by atoms with Gasteiger partial charge in [-0.05, 0) is 58.1 Å². The van der Waals surface area contributed by atoms with Crippen molar-refractivity contribution in [2.45, 2.75) is 39.8 Å². The predicted molar refractivity (Wildman–Crippen MR) is 83.0 cm³/mol. The van der Waals surface area contributed by atoms with Crippen molar-refractivity contribution in [2.75, 3.05) is 0 Å². The van der Waals surface area contributed by atoms with Crippen molar-refractivity contribution in [3.63, 3.8) is 0 Å². The van der Waals surface area contributed by atoms with Crippen LogP contribution < -0.4 is 0 Å². The summed E-state index contributed by atoms with van der Waals surface area (Å²) in [6.45, 7) is 7.00. The highest BCUT2D eigenvalue weighted by molar-refractivity contribution is 7.71. The van der Waals surface area contributed by atoms with Gasteiger partial charge in [0.15, 0.2) is 10.6 Å². The van der Waals surface area contributed by atoms with Crippen LogP contribution in [0.1, 0.15) is 38.1 Å². The number of Topliss-reactive ketones (excluding diaryl/α,β-unsaturated/α-hetero) is 1. The Labute approximate surface area is 127 Å². The molecule has 0 radical (unpaired) electrons. The molecule has 1 aromatic carbocycles. The maximum atomic E-state index is 11.9. The second-order valence-electron chi connectivity index (χ2n) is 5.89. The first kappa shape index (κ1) is 15.4. The Bertz CT molecular complexity index is 765. The first-order chi connectivity index (χ1) is 9.67. The third-order valence-corrected chi connectivity index (χ3v) is 3.21. The van der Waals surface area contributed by atoms with E-state index >= 15 is 0 Å². The quantitative estimate of drug-likeness (QED) is 0.537. The second kappa shape index (κ2) is 5.44. The van der Waals surface area contributed by atoms with Gasteiger partial charge in [-0.15, -0.1) is 0 Å². The van der Waals surface area contributed by atoms with E-state index in [0.717, 1.165) is 11.0 Å². The smallest absolute Gasteiger partial charge is 0.326 e. The highest BCUT2D eigenvalue weighted by Gasteiger charge is 2.18. The molecule has 6 heteroatoms. The topological polar surface area (TPSA) is 64.1 Å². The lowest BCUT2D eigenvalue weighted by molar-refractivity contribution is -0.155. The summed E-state index contributed by atoms with van der Waals surface area (Å²) in [4.78, 5) is 26.3. The average Bonchev–Trinajstić information content (AvgIpc) is 2.62. The number of nitrogens with zero attached hydrogens (tertiary/aromatic N) is 1. The van der Waals surface area contributed by atoms with Crippen LogP contribution in [0, 0.1) is 4.77 Å². The average molecular weight is 306 g/mol. The molecule has 0 aliphatic heterocycles. The molecule has 0 spiro atoms. The number of ether oxygens (including phenoxy) is 1. The van der Waals surface area contributed by atoms with Crippen molar-refractivity contribution >= 4 is 35.0 Å². The number of ketones is 1. The molecule has 5 nitrogen and oxygen atoms in total. The lowest BCUT2D eigenvalue weighted by atomic mass is 10.1. The zero-order valence-corrected chi connectivity index (χ0v) is 13.3. The summed E-state index contributed by atoms with van der Waals surface area (Å²) in [7, 11) is 0. The summed E-state index contributed by atoms with van der Waals surface area (Å²) in [6.07, 6.45) is 0. The number of fused-ring (bicyclic) bond motifs is 1. The van der Waals surface area contributed by atoms with Crippen LogP contribution in [-0.4, -0.2) is 26.9 Å². The van der Waals surface area contributed by atoms with Crippen LogP contribution in [-0.2, 0) is 16.1 Å². The molecule has 112 valence electrons. The third kappa shape index (κ3) is 3.58. The summed E-state index contributed by atoms with van der Waals surface area (Å²) in [5.74, 6) is -0.369. The van der Waals surface area contributed by atoms with Gasteiger partial charge in [-0.1, -0.05) is 0 Å². The Hall–Kier alpha value is -1.95. The molecule has 0 fully saturated rings. The van der Waals surface area contributed by atoms with Gasteiger partial charge >= 0.3 is 5.97 Å². The molecule has 0 atom stereocenters. The van der Waals surface area contributed by atoms with E-state index in [1.165, 1.54) is 6.92 Å². The second-order valence-corrected chi connectivity index (χ2v) is 6.28. The number of aromatic nitrogens is 2. The third-order valence-electron chi connectivity index (χ3n) is 2.89. The zero-order valence-electron chi connectivity index (χ0n) is 12.5. The number of H-pyrrole nitrogens is 1. The van der Waals surface area contributed by atoms with Crippen LogP contribution in [0.2, 0.25) is 0 Å². The Morgan fingerprint density at radius 1 is 1.33 bits per heavy atom. The fourth-order valence-electron chi connectivity index (χ4n) is 2.04. The van der Waals surface area contributed by atoms with Crippen LogP contribution in [0.25, 0.3) is 11.0 Å². The number of nitrogens with one attached hydrogen (secondary N) is 1. The number of carbonyl (C=O) groups is 2. The van der Waals surface area contributed by atoms with Crippen molar-refractivity contribution < 1.29 is 14.3 Å². The van der Waals surface area contributed by atoms with Gasteiger partial charge in [0.1, 0.15) is 12.1 Å². The molecule has 0 saturated carbocycles. The Kier molecular flexibility index (Phi) is 4.00. The van der Waals surface area contributed by atoms with Crippen LogP contribution in [0.15, 0.2) is 18.2 Å². The summed E-state index contributed by atoms with van der Waals surface area (Å²) in [6, 6.07) is 5.24. The summed E-state index contributed by atoms with van der Waals surface area (Å²) in [5, 5.41) is 0. The number of hydrogen-bond acceptors (Lipinski definition) is 4. The summed E-state index contributed by atoms with van der Waals surface area (Å²) >= 11 is 5.24. The SMILES string of the molecule is CC(=O)c1ccc2c(c1)[nH]c(=S)n2CC(=O)OC(C)(C)C. The highest BCUT2D eigenvalue weighted by atomic mass is 32.1. The number of aromatic amines is 1. The van der Waals surface area contributed by atoms with Gasteiger partial charge in [0, 0.05) is 5.56 Å². The van der Waals surface area contributed by atoms with Gasteiger partial charge in [0.05, 0.1) is 11.0 Å². The molecule has 0 unspecified atom stereocenters. The van der Waals surface area contributed by atoms with Crippen molar-refractivity contribution in [1.82, 2.24) is 9.55 Å². The monoisotopic (exact) mass is 306 g/mol. The number of rotatable bonds is 3. The molecular formula is C15H18N2O3S. The van der Waals surface area contributed by atoms with Gasteiger partial charge in [0.25, 0.3) is 0 Å².